The molecular formula is C21H12FN3O2S2. The van der Waals surface area contributed by atoms with Crippen LogP contribution in [0.15, 0.2) is 71.1 Å². The average Bonchev–Trinajstić information content (AvgIpc) is 3.35. The summed E-state index contributed by atoms with van der Waals surface area (Å²) in [5.74, 6) is -0.814. The van der Waals surface area contributed by atoms with Crippen LogP contribution in [0.3, 0.4) is 0 Å². The molecule has 0 radical (unpaired) electrons. The normalized spacial score (nSPS) is 11.2. The highest BCUT2D eigenvalue weighted by Crippen LogP contribution is 2.30. The molecule has 1 amide bonds. The zero-order chi connectivity index (χ0) is 20.0. The summed E-state index contributed by atoms with van der Waals surface area (Å²) in [4.78, 5) is 31.0. The fourth-order valence-electron chi connectivity index (χ4n) is 3.13. The Kier molecular flexibility index (Phi) is 4.22. The molecule has 0 saturated heterocycles. The lowest BCUT2D eigenvalue weighted by Crippen LogP contribution is -2.32. The fraction of sp³-hybridized carbons (Fsp3) is 0. The molecule has 0 aliphatic carbocycles. The van der Waals surface area contributed by atoms with Crippen molar-refractivity contribution in [2.45, 2.75) is 0 Å². The smallest absolute Gasteiger partial charge is 0.267 e. The quantitative estimate of drug-likeness (QED) is 0.452. The molecule has 5 nitrogen and oxygen atoms in total. The predicted molar refractivity (Wildman–Crippen MR) is 115 cm³/mol. The van der Waals surface area contributed by atoms with Gasteiger partial charge in [0.05, 0.1) is 10.3 Å². The van der Waals surface area contributed by atoms with Gasteiger partial charge in [0.2, 0.25) is 0 Å². The van der Waals surface area contributed by atoms with Crippen LogP contribution in [0.1, 0.15) is 9.67 Å². The number of aromatic nitrogens is 2. The molecule has 5 rings (SSSR count). The Bertz CT molecular complexity index is 1440. The van der Waals surface area contributed by atoms with Crippen LogP contribution in [0.5, 0.6) is 0 Å². The maximum absolute atomic E-state index is 13.4. The molecule has 0 saturated carbocycles. The first kappa shape index (κ1) is 17.7. The van der Waals surface area contributed by atoms with Crippen molar-refractivity contribution in [3.8, 4) is 11.1 Å². The largest absolute Gasteiger partial charge is 0.281 e. The lowest BCUT2D eigenvalue weighted by Gasteiger charge is -2.07. The number of carbonyl (C=O) groups excluding carboxylic acids is 1. The number of carbonyl (C=O) groups is 1. The molecular weight excluding hydrogens is 409 g/mol. The van der Waals surface area contributed by atoms with E-state index in [1.165, 1.54) is 41.1 Å². The van der Waals surface area contributed by atoms with Gasteiger partial charge in [0.25, 0.3) is 11.5 Å². The molecule has 1 N–H and O–H groups in total. The van der Waals surface area contributed by atoms with E-state index in [9.17, 15) is 14.0 Å². The Balaban J connectivity index is 1.54. The fourth-order valence-corrected chi connectivity index (χ4v) is 4.97. The Morgan fingerprint density at radius 2 is 1.93 bits per heavy atom. The van der Waals surface area contributed by atoms with E-state index in [0.29, 0.717) is 20.5 Å². The maximum atomic E-state index is 13.4. The number of benzene rings is 2. The van der Waals surface area contributed by atoms with Gasteiger partial charge in [-0.05, 0) is 35.2 Å². The molecule has 0 atom stereocenters. The monoisotopic (exact) mass is 421 g/mol. The van der Waals surface area contributed by atoms with Gasteiger partial charge in [-0.2, -0.15) is 0 Å². The second-order valence-electron chi connectivity index (χ2n) is 6.35. The lowest BCUT2D eigenvalue weighted by atomic mass is 10.1. The van der Waals surface area contributed by atoms with E-state index in [0.717, 1.165) is 20.5 Å². The molecule has 0 bridgehead atoms. The predicted octanol–water partition coefficient (Wildman–Crippen LogP) is 4.86. The second-order valence-corrected chi connectivity index (χ2v) is 8.29. The molecule has 0 aliphatic heterocycles. The highest BCUT2D eigenvalue weighted by Gasteiger charge is 2.16. The van der Waals surface area contributed by atoms with Gasteiger partial charge in [0.1, 0.15) is 17.0 Å². The highest BCUT2D eigenvalue weighted by molar-refractivity contribution is 7.20. The van der Waals surface area contributed by atoms with Crippen LogP contribution in [0, 0.1) is 5.82 Å². The summed E-state index contributed by atoms with van der Waals surface area (Å²) in [6.45, 7) is 0. The number of fused-ring (bicyclic) bond motifs is 2. The number of nitrogens with zero attached hydrogens (tertiary/aromatic N) is 2. The standard InChI is InChI=1S/C21H12FN3O2S2/c22-14-6-7-16-13(8-14)9-17(29-16)19(26)24-25-11-23-20-18(21(25)27)15(10-28-20)12-4-2-1-3-5-12/h1-11H,(H,24,26). The number of nitrogens with one attached hydrogen (secondary N) is 1. The number of halogens is 1. The van der Waals surface area contributed by atoms with Crippen molar-refractivity contribution in [1.82, 2.24) is 9.66 Å². The molecule has 2 aromatic carbocycles. The Hall–Kier alpha value is -3.36. The van der Waals surface area contributed by atoms with E-state index >= 15 is 0 Å². The first-order valence-electron chi connectivity index (χ1n) is 8.65. The molecule has 29 heavy (non-hydrogen) atoms. The number of hydrogen-bond acceptors (Lipinski definition) is 5. The van der Waals surface area contributed by atoms with Crippen molar-refractivity contribution < 1.29 is 9.18 Å². The first-order valence-corrected chi connectivity index (χ1v) is 10.3. The van der Waals surface area contributed by atoms with Gasteiger partial charge in [0.15, 0.2) is 0 Å². The Morgan fingerprint density at radius 3 is 2.76 bits per heavy atom. The SMILES string of the molecule is O=C(Nn1cnc2scc(-c3ccccc3)c2c1=O)c1cc2cc(F)ccc2s1. The lowest BCUT2D eigenvalue weighted by molar-refractivity contribution is 0.101. The first-order chi connectivity index (χ1) is 14.1. The molecule has 142 valence electrons. The van der Waals surface area contributed by atoms with Crippen LogP contribution in [-0.2, 0) is 0 Å². The number of hydrogen-bond donors (Lipinski definition) is 1. The minimum Gasteiger partial charge on any atom is -0.267 e. The summed E-state index contributed by atoms with van der Waals surface area (Å²) >= 11 is 2.61. The van der Waals surface area contributed by atoms with E-state index in [1.807, 2.05) is 35.7 Å². The molecule has 0 unspecified atom stereocenters. The van der Waals surface area contributed by atoms with Crippen molar-refractivity contribution >= 4 is 48.9 Å². The van der Waals surface area contributed by atoms with Gasteiger partial charge in [-0.3, -0.25) is 15.0 Å². The van der Waals surface area contributed by atoms with E-state index in [-0.39, 0.29) is 11.4 Å². The summed E-state index contributed by atoms with van der Waals surface area (Å²) in [5, 5.41) is 2.99. The molecule has 0 spiro atoms. The van der Waals surface area contributed by atoms with Gasteiger partial charge < -0.3 is 0 Å². The Labute approximate surface area is 171 Å². The Morgan fingerprint density at radius 1 is 1.10 bits per heavy atom. The molecule has 3 heterocycles. The molecule has 0 aliphatic rings. The summed E-state index contributed by atoms with van der Waals surface area (Å²) < 4.78 is 15.3. The third-order valence-corrected chi connectivity index (χ3v) is 6.50. The van der Waals surface area contributed by atoms with Crippen LogP contribution < -0.4 is 11.0 Å². The van der Waals surface area contributed by atoms with E-state index < -0.39 is 5.91 Å². The third-order valence-electron chi connectivity index (χ3n) is 4.50. The van der Waals surface area contributed by atoms with Crippen molar-refractivity contribution in [2.75, 3.05) is 5.43 Å². The average molecular weight is 421 g/mol. The van der Waals surface area contributed by atoms with Gasteiger partial charge in [-0.15, -0.1) is 22.7 Å². The van der Waals surface area contributed by atoms with Crippen molar-refractivity contribution in [2.24, 2.45) is 0 Å². The van der Waals surface area contributed by atoms with Crippen LogP contribution in [0.4, 0.5) is 4.39 Å². The van der Waals surface area contributed by atoms with Crippen LogP contribution in [0.25, 0.3) is 31.4 Å². The molecule has 3 aromatic heterocycles. The van der Waals surface area contributed by atoms with Crippen LogP contribution in [0.2, 0.25) is 0 Å². The van der Waals surface area contributed by atoms with Crippen molar-refractivity contribution in [3.63, 3.8) is 0 Å². The zero-order valence-electron chi connectivity index (χ0n) is 14.8. The van der Waals surface area contributed by atoms with Gasteiger partial charge in [0, 0.05) is 15.6 Å². The number of amides is 1. The summed E-state index contributed by atoms with van der Waals surface area (Å²) in [7, 11) is 0. The summed E-state index contributed by atoms with van der Waals surface area (Å²) in [5.41, 5.74) is 3.93. The summed E-state index contributed by atoms with van der Waals surface area (Å²) in [6.07, 6.45) is 1.31. The number of rotatable bonds is 3. The zero-order valence-corrected chi connectivity index (χ0v) is 16.4. The van der Waals surface area contributed by atoms with Crippen molar-refractivity contribution in [3.05, 3.63) is 87.4 Å². The van der Waals surface area contributed by atoms with E-state index in [2.05, 4.69) is 10.4 Å². The third kappa shape index (κ3) is 3.12. The van der Waals surface area contributed by atoms with Crippen LogP contribution in [-0.4, -0.2) is 15.6 Å². The second kappa shape index (κ2) is 6.91. The van der Waals surface area contributed by atoms with Gasteiger partial charge in [-0.1, -0.05) is 30.3 Å². The van der Waals surface area contributed by atoms with Gasteiger partial charge >= 0.3 is 0 Å². The number of thiophene rings is 2. The molecule has 0 fully saturated rings. The topological polar surface area (TPSA) is 64.0 Å². The summed E-state index contributed by atoms with van der Waals surface area (Å²) in [6, 6.07) is 15.5. The van der Waals surface area contributed by atoms with Gasteiger partial charge in [-0.25, -0.2) is 14.1 Å². The minimum atomic E-state index is -0.452. The molecule has 5 aromatic rings. The minimum absolute atomic E-state index is 0.351. The molecule has 8 heteroatoms. The highest BCUT2D eigenvalue weighted by atomic mass is 32.1. The van der Waals surface area contributed by atoms with E-state index in [4.69, 9.17) is 0 Å². The van der Waals surface area contributed by atoms with Crippen LogP contribution >= 0.6 is 22.7 Å². The maximum Gasteiger partial charge on any atom is 0.281 e. The van der Waals surface area contributed by atoms with Crippen molar-refractivity contribution in [1.29, 1.82) is 0 Å². The van der Waals surface area contributed by atoms with E-state index in [1.54, 1.807) is 12.1 Å².